The van der Waals surface area contributed by atoms with Crippen molar-refractivity contribution in [1.82, 2.24) is 4.90 Å². The lowest BCUT2D eigenvalue weighted by molar-refractivity contribution is -0.898. The molecule has 168 valence electrons. The van der Waals surface area contributed by atoms with Crippen LogP contribution in [0.5, 0.6) is 0 Å². The van der Waals surface area contributed by atoms with Gasteiger partial charge in [-0.25, -0.2) is 9.59 Å². The molecular formula is C21H39N2O6+. The molecule has 2 rings (SSSR count). The molecule has 0 aromatic heterocycles. The van der Waals surface area contributed by atoms with E-state index in [1.165, 1.54) is 0 Å². The fourth-order valence-electron chi connectivity index (χ4n) is 3.21. The van der Waals surface area contributed by atoms with Gasteiger partial charge in [0.25, 0.3) is 0 Å². The van der Waals surface area contributed by atoms with Crippen LogP contribution in [-0.4, -0.2) is 72.0 Å². The predicted octanol–water partition coefficient (Wildman–Crippen LogP) is 1.58. The summed E-state index contributed by atoms with van der Waals surface area (Å²) < 4.78 is 10.4. The summed E-state index contributed by atoms with van der Waals surface area (Å²) in [6.07, 6.45) is 1.11. The van der Waals surface area contributed by atoms with E-state index in [0.29, 0.717) is 25.3 Å². The van der Waals surface area contributed by atoms with Crippen LogP contribution in [0.1, 0.15) is 61.3 Å². The van der Waals surface area contributed by atoms with E-state index in [0.717, 1.165) is 31.1 Å². The van der Waals surface area contributed by atoms with Crippen LogP contribution in [0, 0.1) is 11.8 Å². The Morgan fingerprint density at radius 3 is 1.83 bits per heavy atom. The Labute approximate surface area is 174 Å². The van der Waals surface area contributed by atoms with Gasteiger partial charge in [0.05, 0.1) is 19.0 Å². The maximum atomic E-state index is 11.6. The number of piperidine rings is 1. The van der Waals surface area contributed by atoms with Crippen molar-refractivity contribution in [3.05, 3.63) is 0 Å². The number of carboxylic acids is 1. The van der Waals surface area contributed by atoms with Gasteiger partial charge in [0.15, 0.2) is 6.54 Å². The van der Waals surface area contributed by atoms with Crippen LogP contribution in [0.4, 0.5) is 4.79 Å². The number of likely N-dealkylation sites (tertiary alicyclic amines) is 2. The fourth-order valence-corrected chi connectivity index (χ4v) is 3.21. The number of nitrogens with one attached hydrogen (secondary N) is 1. The molecule has 1 amide bonds. The molecule has 2 aliphatic rings. The van der Waals surface area contributed by atoms with Crippen LogP contribution < -0.4 is 4.90 Å². The number of nitrogens with zero attached hydrogens (tertiary/aromatic N) is 1. The second kappa shape index (κ2) is 10.3. The minimum atomic E-state index is -0.721. The summed E-state index contributed by atoms with van der Waals surface area (Å²) in [5.41, 5.74) is -0.814. The van der Waals surface area contributed by atoms with Crippen molar-refractivity contribution >= 4 is 18.0 Å². The van der Waals surface area contributed by atoms with E-state index in [4.69, 9.17) is 14.6 Å². The van der Waals surface area contributed by atoms with Crippen LogP contribution >= 0.6 is 0 Å². The summed E-state index contributed by atoms with van der Waals surface area (Å²) in [7, 11) is 0. The van der Waals surface area contributed by atoms with Gasteiger partial charge < -0.3 is 24.4 Å². The van der Waals surface area contributed by atoms with Crippen LogP contribution in [0.15, 0.2) is 0 Å². The number of carboxylic acid groups (broad SMARTS) is 1. The van der Waals surface area contributed by atoms with Crippen molar-refractivity contribution in [3.63, 3.8) is 0 Å². The first-order valence-electron chi connectivity index (χ1n) is 10.4. The van der Waals surface area contributed by atoms with E-state index in [2.05, 4.69) is 6.92 Å². The average Bonchev–Trinajstić information content (AvgIpc) is 2.49. The van der Waals surface area contributed by atoms with Crippen LogP contribution in [0.25, 0.3) is 0 Å². The highest BCUT2D eigenvalue weighted by Gasteiger charge is 2.31. The Balaban J connectivity index is 0.000000308. The molecule has 0 radical (unpaired) electrons. The second-order valence-electron chi connectivity index (χ2n) is 10.1. The van der Waals surface area contributed by atoms with E-state index >= 15 is 0 Å². The van der Waals surface area contributed by atoms with Crippen molar-refractivity contribution in [2.75, 3.05) is 32.7 Å². The number of rotatable bonds is 3. The molecule has 2 fully saturated rings. The number of hydrogen-bond acceptors (Lipinski definition) is 5. The molecule has 2 heterocycles. The van der Waals surface area contributed by atoms with Crippen LogP contribution in [-0.2, 0) is 19.1 Å². The molecule has 2 aliphatic heterocycles. The van der Waals surface area contributed by atoms with Gasteiger partial charge >= 0.3 is 18.0 Å². The summed E-state index contributed by atoms with van der Waals surface area (Å²) in [5.74, 6) is -0.530. The summed E-state index contributed by atoms with van der Waals surface area (Å²) in [6, 6.07) is 0. The molecule has 0 aromatic rings. The minimum Gasteiger partial charge on any atom is -0.481 e. The average molecular weight is 416 g/mol. The van der Waals surface area contributed by atoms with E-state index in [1.54, 1.807) is 4.90 Å². The van der Waals surface area contributed by atoms with E-state index in [-0.39, 0.29) is 23.6 Å². The summed E-state index contributed by atoms with van der Waals surface area (Å²) in [5, 5.41) is 8.86. The topological polar surface area (TPSA) is 97.6 Å². The molecule has 0 aliphatic carbocycles. The van der Waals surface area contributed by atoms with E-state index in [9.17, 15) is 14.4 Å². The van der Waals surface area contributed by atoms with Crippen molar-refractivity contribution in [3.8, 4) is 0 Å². The third kappa shape index (κ3) is 10.5. The molecule has 2 N–H and O–H groups in total. The van der Waals surface area contributed by atoms with Gasteiger partial charge in [-0.3, -0.25) is 4.79 Å². The van der Waals surface area contributed by atoms with E-state index in [1.807, 2.05) is 41.5 Å². The first-order chi connectivity index (χ1) is 13.2. The summed E-state index contributed by atoms with van der Waals surface area (Å²) >= 11 is 0. The van der Waals surface area contributed by atoms with Crippen molar-refractivity contribution < 1.29 is 33.9 Å². The van der Waals surface area contributed by atoms with Crippen molar-refractivity contribution in [2.45, 2.75) is 72.5 Å². The lowest BCUT2D eigenvalue weighted by atomic mass is 9.97. The molecule has 8 heteroatoms. The molecule has 29 heavy (non-hydrogen) atoms. The second-order valence-corrected chi connectivity index (χ2v) is 10.1. The Hall–Kier alpha value is -1.83. The third-order valence-corrected chi connectivity index (χ3v) is 4.57. The Morgan fingerprint density at radius 1 is 0.966 bits per heavy atom. The number of aliphatic carboxylic acids is 1. The van der Waals surface area contributed by atoms with Gasteiger partial charge in [-0.2, -0.15) is 0 Å². The Bertz CT molecular complexity index is 565. The molecular weight excluding hydrogens is 376 g/mol. The lowest BCUT2D eigenvalue weighted by Crippen LogP contribution is -3.14. The Morgan fingerprint density at radius 2 is 1.45 bits per heavy atom. The zero-order valence-corrected chi connectivity index (χ0v) is 19.0. The fraction of sp³-hybridized carbons (Fsp3) is 0.857. The molecule has 0 spiro atoms. The molecule has 2 saturated heterocycles. The number of amides is 1. The SMILES string of the molecule is CC(C)(C)OC(=O)C[NH+]1CCC(C(=O)O)CC1.CC1CN(C(=O)OC(C)(C)C)C1. The molecule has 8 nitrogen and oxygen atoms in total. The number of quaternary nitrogens is 1. The standard InChI is InChI=1S/C12H21NO4.C9H17NO2/c1-12(2,3)17-10(14)8-13-6-4-9(5-7-13)11(15)16;1-7-5-10(6-7)8(11)12-9(2,3)4/h9H,4-8H2,1-3H3,(H,15,16);7H,5-6H2,1-4H3/p+1. The van der Waals surface area contributed by atoms with Gasteiger partial charge in [-0.05, 0) is 47.5 Å². The minimum absolute atomic E-state index is 0.180. The zero-order chi connectivity index (χ0) is 22.4. The monoisotopic (exact) mass is 415 g/mol. The first kappa shape index (κ1) is 25.2. The highest BCUT2D eigenvalue weighted by molar-refractivity contribution is 5.71. The molecule has 0 bridgehead atoms. The Kier molecular flexibility index (Phi) is 8.93. The smallest absolute Gasteiger partial charge is 0.410 e. The van der Waals surface area contributed by atoms with Crippen molar-refractivity contribution in [1.29, 1.82) is 0 Å². The van der Waals surface area contributed by atoms with Gasteiger partial charge in [0.1, 0.15) is 11.2 Å². The number of ether oxygens (including phenoxy) is 2. The quantitative estimate of drug-likeness (QED) is 0.679. The third-order valence-electron chi connectivity index (χ3n) is 4.57. The van der Waals surface area contributed by atoms with Gasteiger partial charge in [-0.1, -0.05) is 6.92 Å². The highest BCUT2D eigenvalue weighted by atomic mass is 16.6. The van der Waals surface area contributed by atoms with Gasteiger partial charge in [0, 0.05) is 25.9 Å². The summed E-state index contributed by atoms with van der Waals surface area (Å²) in [6.45, 7) is 16.8. The predicted molar refractivity (Wildman–Crippen MR) is 109 cm³/mol. The van der Waals surface area contributed by atoms with Crippen LogP contribution in [0.2, 0.25) is 0 Å². The largest absolute Gasteiger partial charge is 0.481 e. The van der Waals surface area contributed by atoms with E-state index < -0.39 is 11.6 Å². The molecule has 0 saturated carbocycles. The molecule has 0 unspecified atom stereocenters. The normalized spacial score (nSPS) is 22.7. The number of carbonyl (C=O) groups is 3. The molecule has 0 atom stereocenters. The van der Waals surface area contributed by atoms with Gasteiger partial charge in [0.2, 0.25) is 0 Å². The first-order valence-corrected chi connectivity index (χ1v) is 10.4. The maximum Gasteiger partial charge on any atom is 0.410 e. The maximum absolute atomic E-state index is 11.6. The van der Waals surface area contributed by atoms with Crippen LogP contribution in [0.3, 0.4) is 0 Å². The molecule has 0 aromatic carbocycles. The number of carbonyl (C=O) groups excluding carboxylic acids is 2. The summed E-state index contributed by atoms with van der Waals surface area (Å²) in [4.78, 5) is 36.5. The highest BCUT2D eigenvalue weighted by Crippen LogP contribution is 2.18. The number of esters is 1. The van der Waals surface area contributed by atoms with Gasteiger partial charge in [-0.15, -0.1) is 0 Å². The number of hydrogen-bond donors (Lipinski definition) is 2. The zero-order valence-electron chi connectivity index (χ0n) is 19.0. The lowest BCUT2D eigenvalue weighted by Gasteiger charge is -2.37. The van der Waals surface area contributed by atoms with Crippen molar-refractivity contribution in [2.24, 2.45) is 11.8 Å².